The Morgan fingerprint density at radius 1 is 1.55 bits per heavy atom. The fourth-order valence-electron chi connectivity index (χ4n) is 0.601. The van der Waals surface area contributed by atoms with Crippen molar-refractivity contribution in [1.29, 1.82) is 0 Å². The molecular formula is C6H6CsNO3. The second-order valence-corrected chi connectivity index (χ2v) is 1.92. The van der Waals surface area contributed by atoms with E-state index >= 15 is 0 Å². The molecule has 1 unspecified atom stereocenters. The summed E-state index contributed by atoms with van der Waals surface area (Å²) in [5.41, 5.74) is -2.03. The number of carbonyl (C=O) groups is 1. The molecule has 0 aromatic heterocycles. The number of hydrogen-bond acceptors (Lipinski definition) is 4. The van der Waals surface area contributed by atoms with Gasteiger partial charge in [-0.1, -0.05) is 6.08 Å². The molecule has 1 rings (SSSR count). The van der Waals surface area contributed by atoms with E-state index in [1.807, 2.05) is 0 Å². The number of aliphatic carboxylic acids is 1. The minimum atomic E-state index is -2.03. The van der Waals surface area contributed by atoms with Gasteiger partial charge < -0.3 is 20.3 Å². The van der Waals surface area contributed by atoms with E-state index in [-0.39, 0.29) is 68.9 Å². The van der Waals surface area contributed by atoms with Crippen LogP contribution in [0, 0.1) is 0 Å². The van der Waals surface area contributed by atoms with Crippen LogP contribution in [0.3, 0.4) is 0 Å². The summed E-state index contributed by atoms with van der Waals surface area (Å²) in [4.78, 5) is 10.2. The van der Waals surface area contributed by atoms with Crippen LogP contribution >= 0.6 is 0 Å². The fourth-order valence-corrected chi connectivity index (χ4v) is 0.601. The maximum Gasteiger partial charge on any atom is 1.00 e. The molecule has 1 atom stereocenters. The van der Waals surface area contributed by atoms with Gasteiger partial charge in [-0.15, -0.1) is 0 Å². The Balaban J connectivity index is 0.000001000. The van der Waals surface area contributed by atoms with Crippen molar-refractivity contribution < 1.29 is 83.9 Å². The molecule has 1 heterocycles. The molecule has 0 aromatic carbocycles. The average molecular weight is 273 g/mol. The van der Waals surface area contributed by atoms with Crippen molar-refractivity contribution in [3.8, 4) is 0 Å². The minimum absolute atomic E-state index is 0. The third kappa shape index (κ3) is 2.94. The number of aliphatic hydroxyl groups is 1. The summed E-state index contributed by atoms with van der Waals surface area (Å²) >= 11 is 0. The van der Waals surface area contributed by atoms with Gasteiger partial charge in [0.25, 0.3) is 0 Å². The van der Waals surface area contributed by atoms with Gasteiger partial charge in [-0.25, -0.2) is 0 Å². The predicted molar refractivity (Wildman–Crippen MR) is 31.4 cm³/mol. The van der Waals surface area contributed by atoms with E-state index < -0.39 is 11.7 Å². The second-order valence-electron chi connectivity index (χ2n) is 1.92. The van der Waals surface area contributed by atoms with Crippen molar-refractivity contribution in [1.82, 2.24) is 5.32 Å². The SMILES string of the molecule is O=C([O-])C1(O)C=CC=CN1.[Cs+]. The average Bonchev–Trinajstić information content (AvgIpc) is 1.89. The standard InChI is InChI=1S/C6H7NO3.Cs/c8-5(9)6(10)3-1-2-4-7-6;/h1-4,7,10H,(H,8,9);/q;+1/p-1. The molecule has 5 heteroatoms. The number of dihydropyridines is 1. The predicted octanol–water partition coefficient (Wildman–Crippen LogP) is -4.90. The molecule has 0 aliphatic carbocycles. The van der Waals surface area contributed by atoms with Crippen molar-refractivity contribution >= 4 is 5.97 Å². The molecule has 0 saturated heterocycles. The van der Waals surface area contributed by atoms with E-state index in [2.05, 4.69) is 5.32 Å². The molecule has 11 heavy (non-hydrogen) atoms. The van der Waals surface area contributed by atoms with Crippen LogP contribution in [-0.2, 0) is 4.79 Å². The van der Waals surface area contributed by atoms with Crippen LogP contribution in [0.5, 0.6) is 0 Å². The van der Waals surface area contributed by atoms with E-state index in [1.165, 1.54) is 12.3 Å². The monoisotopic (exact) mass is 273 g/mol. The van der Waals surface area contributed by atoms with Crippen molar-refractivity contribution in [2.24, 2.45) is 0 Å². The van der Waals surface area contributed by atoms with E-state index in [9.17, 15) is 9.90 Å². The summed E-state index contributed by atoms with van der Waals surface area (Å²) < 4.78 is 0. The zero-order chi connectivity index (χ0) is 7.61. The van der Waals surface area contributed by atoms with E-state index in [0.29, 0.717) is 0 Å². The first-order chi connectivity index (χ1) is 4.65. The van der Waals surface area contributed by atoms with E-state index in [4.69, 9.17) is 5.11 Å². The Hall–Kier alpha value is 0.762. The number of hydrogen-bond donors (Lipinski definition) is 2. The Kier molecular flexibility index (Phi) is 5.03. The van der Waals surface area contributed by atoms with Crippen molar-refractivity contribution in [3.63, 3.8) is 0 Å². The van der Waals surface area contributed by atoms with Crippen LogP contribution in [0.2, 0.25) is 0 Å². The topological polar surface area (TPSA) is 72.4 Å². The Labute approximate surface area is 123 Å². The number of carboxylic acid groups (broad SMARTS) is 1. The van der Waals surface area contributed by atoms with Gasteiger partial charge in [-0.05, 0) is 18.4 Å². The number of nitrogens with one attached hydrogen (secondary N) is 1. The molecule has 0 radical (unpaired) electrons. The van der Waals surface area contributed by atoms with Gasteiger partial charge in [0.2, 0.25) is 0 Å². The first-order valence-electron chi connectivity index (χ1n) is 2.71. The van der Waals surface area contributed by atoms with Crippen LogP contribution in [-0.4, -0.2) is 16.8 Å². The third-order valence-corrected chi connectivity index (χ3v) is 1.16. The van der Waals surface area contributed by atoms with Crippen LogP contribution in [0.1, 0.15) is 0 Å². The zero-order valence-electron chi connectivity index (χ0n) is 6.07. The largest absolute Gasteiger partial charge is 1.00 e. The Morgan fingerprint density at radius 3 is 2.45 bits per heavy atom. The molecular weight excluding hydrogens is 267 g/mol. The van der Waals surface area contributed by atoms with E-state index in [0.717, 1.165) is 6.08 Å². The summed E-state index contributed by atoms with van der Waals surface area (Å²) in [5, 5.41) is 21.4. The maximum absolute atomic E-state index is 10.2. The van der Waals surface area contributed by atoms with Gasteiger partial charge in [-0.2, -0.15) is 0 Å². The van der Waals surface area contributed by atoms with Gasteiger partial charge in [-0.3, -0.25) is 0 Å². The molecule has 0 saturated carbocycles. The van der Waals surface area contributed by atoms with Crippen LogP contribution in [0.25, 0.3) is 0 Å². The summed E-state index contributed by atoms with van der Waals surface area (Å²) in [6, 6.07) is 0. The van der Waals surface area contributed by atoms with Gasteiger partial charge >= 0.3 is 68.9 Å². The number of carbonyl (C=O) groups excluding carboxylic acids is 1. The van der Waals surface area contributed by atoms with Gasteiger partial charge in [0.05, 0.1) is 5.97 Å². The zero-order valence-corrected chi connectivity index (χ0v) is 12.4. The third-order valence-electron chi connectivity index (χ3n) is 1.16. The summed E-state index contributed by atoms with van der Waals surface area (Å²) in [7, 11) is 0. The first kappa shape index (κ1) is 11.8. The van der Waals surface area contributed by atoms with E-state index in [1.54, 1.807) is 6.08 Å². The minimum Gasteiger partial charge on any atom is -0.545 e. The fraction of sp³-hybridized carbons (Fsp3) is 0.167. The number of rotatable bonds is 1. The second kappa shape index (κ2) is 4.71. The van der Waals surface area contributed by atoms with Crippen LogP contribution in [0.15, 0.2) is 24.4 Å². The molecule has 0 amide bonds. The molecule has 1 aliphatic heterocycles. The number of allylic oxidation sites excluding steroid dienone is 2. The van der Waals surface area contributed by atoms with Crippen LogP contribution < -0.4 is 79.3 Å². The Bertz CT molecular complexity index is 214. The smallest absolute Gasteiger partial charge is 0.545 e. The molecule has 54 valence electrons. The van der Waals surface area contributed by atoms with Crippen molar-refractivity contribution in [2.75, 3.05) is 0 Å². The molecule has 1 aliphatic rings. The molecule has 2 N–H and O–H groups in total. The maximum atomic E-state index is 10.2. The number of carboxylic acids is 1. The summed E-state index contributed by atoms with van der Waals surface area (Å²) in [6.07, 6.45) is 5.42. The van der Waals surface area contributed by atoms with Crippen molar-refractivity contribution in [2.45, 2.75) is 5.72 Å². The Morgan fingerprint density at radius 2 is 2.18 bits per heavy atom. The molecule has 4 nitrogen and oxygen atoms in total. The van der Waals surface area contributed by atoms with Crippen molar-refractivity contribution in [3.05, 3.63) is 24.4 Å². The summed E-state index contributed by atoms with van der Waals surface area (Å²) in [6.45, 7) is 0. The summed E-state index contributed by atoms with van der Waals surface area (Å²) in [5.74, 6) is -1.56. The first-order valence-corrected chi connectivity index (χ1v) is 2.71. The molecule has 0 fully saturated rings. The van der Waals surface area contributed by atoms with Gasteiger partial charge in [0, 0.05) is 0 Å². The van der Waals surface area contributed by atoms with Gasteiger partial charge in [0.1, 0.15) is 0 Å². The quantitative estimate of drug-likeness (QED) is 0.502. The van der Waals surface area contributed by atoms with Gasteiger partial charge in [0.15, 0.2) is 5.72 Å². The van der Waals surface area contributed by atoms with Crippen LogP contribution in [0.4, 0.5) is 0 Å². The molecule has 0 aromatic rings. The molecule has 0 bridgehead atoms. The molecule has 0 spiro atoms. The normalized spacial score (nSPS) is 27.0.